The number of hydrogen-bond acceptors (Lipinski definition) is 3. The van der Waals surface area contributed by atoms with Crippen LogP contribution in [0.15, 0.2) is 12.7 Å². The maximum absolute atomic E-state index is 11.3. The second-order valence-corrected chi connectivity index (χ2v) is 3.21. The Morgan fingerprint density at radius 1 is 1.47 bits per heavy atom. The molecule has 0 saturated carbocycles. The highest BCUT2D eigenvalue weighted by Gasteiger charge is 2.12. The van der Waals surface area contributed by atoms with Gasteiger partial charge in [0.2, 0.25) is 11.8 Å². The van der Waals surface area contributed by atoms with Crippen molar-refractivity contribution in [3.05, 3.63) is 12.7 Å². The third-order valence-electron chi connectivity index (χ3n) is 1.80. The molecule has 0 aliphatic carbocycles. The van der Waals surface area contributed by atoms with E-state index in [1.54, 1.807) is 6.08 Å². The molecule has 5 heteroatoms. The van der Waals surface area contributed by atoms with Crippen molar-refractivity contribution in [2.45, 2.75) is 25.8 Å². The molecule has 5 nitrogen and oxygen atoms in total. The lowest BCUT2D eigenvalue weighted by atomic mass is 10.2. The Kier molecular flexibility index (Phi) is 7.27. The number of nitrogens with two attached hydrogens (primary N) is 1. The zero-order chi connectivity index (χ0) is 11.7. The lowest BCUT2D eigenvalue weighted by Gasteiger charge is -2.10. The summed E-state index contributed by atoms with van der Waals surface area (Å²) in [6.07, 6.45) is 3.04. The Morgan fingerprint density at radius 2 is 2.13 bits per heavy atom. The third-order valence-corrected chi connectivity index (χ3v) is 1.80. The van der Waals surface area contributed by atoms with Crippen LogP contribution >= 0.6 is 0 Å². The number of amides is 2. The average Bonchev–Trinajstić information content (AvgIpc) is 2.23. The van der Waals surface area contributed by atoms with Crippen molar-refractivity contribution in [2.75, 3.05) is 13.1 Å². The molecule has 2 amide bonds. The van der Waals surface area contributed by atoms with Crippen molar-refractivity contribution >= 4 is 11.8 Å². The Hall–Kier alpha value is -1.36. The van der Waals surface area contributed by atoms with Crippen molar-refractivity contribution in [2.24, 2.45) is 5.73 Å². The summed E-state index contributed by atoms with van der Waals surface area (Å²) < 4.78 is 0. The van der Waals surface area contributed by atoms with Crippen molar-refractivity contribution < 1.29 is 9.59 Å². The summed E-state index contributed by atoms with van der Waals surface area (Å²) in [5, 5.41) is 5.01. The number of carbonyl (C=O) groups excluding carboxylic acids is 2. The van der Waals surface area contributed by atoms with Gasteiger partial charge in [-0.1, -0.05) is 19.4 Å². The van der Waals surface area contributed by atoms with Gasteiger partial charge in [-0.25, -0.2) is 0 Å². The summed E-state index contributed by atoms with van der Waals surface area (Å²) in [5.74, 6) is -0.530. The summed E-state index contributed by atoms with van der Waals surface area (Å²) in [7, 11) is 0. The molecule has 4 N–H and O–H groups in total. The van der Waals surface area contributed by atoms with Gasteiger partial charge in [-0.15, -0.1) is 6.58 Å². The quantitative estimate of drug-likeness (QED) is 0.500. The monoisotopic (exact) mass is 213 g/mol. The molecule has 1 unspecified atom stereocenters. The Morgan fingerprint density at radius 3 is 2.67 bits per heavy atom. The maximum atomic E-state index is 11.3. The molecule has 0 aliphatic heterocycles. The SMILES string of the molecule is C=CCNC(=O)CNC(=O)C(N)CCC. The molecule has 1 atom stereocenters. The van der Waals surface area contributed by atoms with Gasteiger partial charge in [0.05, 0.1) is 12.6 Å². The van der Waals surface area contributed by atoms with Crippen molar-refractivity contribution in [1.82, 2.24) is 10.6 Å². The summed E-state index contributed by atoms with van der Waals surface area (Å²) in [6.45, 7) is 5.77. The van der Waals surface area contributed by atoms with E-state index in [-0.39, 0.29) is 18.4 Å². The van der Waals surface area contributed by atoms with Gasteiger partial charge >= 0.3 is 0 Å². The molecular formula is C10H19N3O2. The highest BCUT2D eigenvalue weighted by atomic mass is 16.2. The van der Waals surface area contributed by atoms with E-state index in [0.29, 0.717) is 13.0 Å². The highest BCUT2D eigenvalue weighted by Crippen LogP contribution is 1.92. The van der Waals surface area contributed by atoms with Gasteiger partial charge in [0.15, 0.2) is 0 Å². The smallest absolute Gasteiger partial charge is 0.239 e. The zero-order valence-electron chi connectivity index (χ0n) is 9.08. The molecule has 0 rings (SSSR count). The van der Waals surface area contributed by atoms with E-state index in [0.717, 1.165) is 6.42 Å². The molecule has 0 heterocycles. The van der Waals surface area contributed by atoms with E-state index in [9.17, 15) is 9.59 Å². The van der Waals surface area contributed by atoms with Gasteiger partial charge in [-0.3, -0.25) is 9.59 Å². The largest absolute Gasteiger partial charge is 0.351 e. The van der Waals surface area contributed by atoms with Crippen LogP contribution in [0.2, 0.25) is 0 Å². The number of rotatable bonds is 7. The molecule has 0 fully saturated rings. The van der Waals surface area contributed by atoms with Crippen LogP contribution in [0.25, 0.3) is 0 Å². The summed E-state index contributed by atoms with van der Waals surface area (Å²) in [4.78, 5) is 22.3. The molecule has 0 aliphatic rings. The fourth-order valence-electron chi connectivity index (χ4n) is 0.989. The molecule has 0 aromatic carbocycles. The molecule has 0 bridgehead atoms. The predicted molar refractivity (Wildman–Crippen MR) is 59.1 cm³/mol. The van der Waals surface area contributed by atoms with Crippen LogP contribution < -0.4 is 16.4 Å². The van der Waals surface area contributed by atoms with E-state index in [1.807, 2.05) is 6.92 Å². The molecule has 0 spiro atoms. The first-order valence-electron chi connectivity index (χ1n) is 5.02. The third kappa shape index (κ3) is 6.68. The molecule has 0 aromatic heterocycles. The Balaban J connectivity index is 3.69. The second-order valence-electron chi connectivity index (χ2n) is 3.21. The van der Waals surface area contributed by atoms with Crippen LogP contribution in [0.1, 0.15) is 19.8 Å². The Bertz CT molecular complexity index is 229. The fraction of sp³-hybridized carbons (Fsp3) is 0.600. The predicted octanol–water partition coefficient (Wildman–Crippen LogP) is -0.468. The van der Waals surface area contributed by atoms with Crippen molar-refractivity contribution in [1.29, 1.82) is 0 Å². The molecule has 0 saturated heterocycles. The minimum Gasteiger partial charge on any atom is -0.351 e. The second kappa shape index (κ2) is 7.99. The van der Waals surface area contributed by atoms with E-state index >= 15 is 0 Å². The first kappa shape index (κ1) is 13.6. The molecule has 86 valence electrons. The molecular weight excluding hydrogens is 194 g/mol. The van der Waals surface area contributed by atoms with E-state index in [1.165, 1.54) is 0 Å². The first-order chi connectivity index (χ1) is 7.11. The van der Waals surface area contributed by atoms with Crippen LogP contribution in [-0.2, 0) is 9.59 Å². The van der Waals surface area contributed by atoms with Gasteiger partial charge in [-0.2, -0.15) is 0 Å². The lowest BCUT2D eigenvalue weighted by molar-refractivity contribution is -0.126. The van der Waals surface area contributed by atoms with Gasteiger partial charge in [0.1, 0.15) is 0 Å². The average molecular weight is 213 g/mol. The van der Waals surface area contributed by atoms with Gasteiger partial charge in [0, 0.05) is 6.54 Å². The van der Waals surface area contributed by atoms with Crippen LogP contribution in [0.5, 0.6) is 0 Å². The van der Waals surface area contributed by atoms with E-state index in [2.05, 4.69) is 17.2 Å². The molecule has 0 radical (unpaired) electrons. The topological polar surface area (TPSA) is 84.2 Å². The van der Waals surface area contributed by atoms with Gasteiger partial charge in [0.25, 0.3) is 0 Å². The van der Waals surface area contributed by atoms with Crippen molar-refractivity contribution in [3.8, 4) is 0 Å². The maximum Gasteiger partial charge on any atom is 0.239 e. The Labute approximate surface area is 90.1 Å². The van der Waals surface area contributed by atoms with Crippen LogP contribution in [0.3, 0.4) is 0 Å². The van der Waals surface area contributed by atoms with Gasteiger partial charge < -0.3 is 16.4 Å². The van der Waals surface area contributed by atoms with Crippen molar-refractivity contribution in [3.63, 3.8) is 0 Å². The minimum absolute atomic E-state index is 0.0376. The highest BCUT2D eigenvalue weighted by molar-refractivity contribution is 5.87. The van der Waals surface area contributed by atoms with E-state index in [4.69, 9.17) is 5.73 Å². The lowest BCUT2D eigenvalue weighted by Crippen LogP contribution is -2.44. The van der Waals surface area contributed by atoms with Crippen LogP contribution in [0.4, 0.5) is 0 Å². The molecule has 0 aromatic rings. The number of hydrogen-bond donors (Lipinski definition) is 3. The molecule has 15 heavy (non-hydrogen) atoms. The number of nitrogens with one attached hydrogen (secondary N) is 2. The normalized spacial score (nSPS) is 11.6. The summed E-state index contributed by atoms with van der Waals surface area (Å²) in [6, 6.07) is -0.526. The zero-order valence-corrected chi connectivity index (χ0v) is 9.08. The minimum atomic E-state index is -0.526. The van der Waals surface area contributed by atoms with Crippen LogP contribution in [-0.4, -0.2) is 30.9 Å². The standard InChI is InChI=1S/C10H19N3O2/c1-3-5-8(11)10(15)13-7-9(14)12-6-4-2/h4,8H,2-3,5-7,11H2,1H3,(H,12,14)(H,13,15). The summed E-state index contributed by atoms with van der Waals surface area (Å²) in [5.41, 5.74) is 5.55. The number of carbonyl (C=O) groups is 2. The van der Waals surface area contributed by atoms with Crippen LogP contribution in [0, 0.1) is 0 Å². The summed E-state index contributed by atoms with van der Waals surface area (Å²) >= 11 is 0. The van der Waals surface area contributed by atoms with Gasteiger partial charge in [-0.05, 0) is 6.42 Å². The fourth-order valence-corrected chi connectivity index (χ4v) is 0.989. The first-order valence-corrected chi connectivity index (χ1v) is 5.02. The van der Waals surface area contributed by atoms with E-state index < -0.39 is 6.04 Å².